The van der Waals surface area contributed by atoms with Crippen LogP contribution in [0.5, 0.6) is 0 Å². The molecule has 23 heavy (non-hydrogen) atoms. The molecule has 4 nitrogen and oxygen atoms in total. The number of fused-ring (bicyclic) bond motifs is 1. The number of hydrogen-bond acceptors (Lipinski definition) is 4. The molecule has 0 aliphatic heterocycles. The molecular weight excluding hydrogens is 405 g/mol. The number of esters is 1. The first-order valence-electron chi connectivity index (χ1n) is 7.46. The van der Waals surface area contributed by atoms with Crippen molar-refractivity contribution in [3.8, 4) is 0 Å². The van der Waals surface area contributed by atoms with E-state index in [4.69, 9.17) is 9.47 Å². The summed E-state index contributed by atoms with van der Waals surface area (Å²) < 4.78 is 11.9. The summed E-state index contributed by atoms with van der Waals surface area (Å²) >= 11 is 2.26. The van der Waals surface area contributed by atoms with Crippen molar-refractivity contribution in [2.24, 2.45) is 0 Å². The van der Waals surface area contributed by atoms with Gasteiger partial charge in [-0.2, -0.15) is 0 Å². The highest BCUT2D eigenvalue weighted by atomic mass is 127. The number of carbonyl (C=O) groups is 1. The predicted octanol–water partition coefficient (Wildman–Crippen LogP) is 4.49. The van der Waals surface area contributed by atoms with Crippen LogP contribution in [0.2, 0.25) is 0 Å². The minimum absolute atomic E-state index is 0.408. The summed E-state index contributed by atoms with van der Waals surface area (Å²) in [5.41, 5.74) is 3.17. The molecule has 2 aromatic rings. The van der Waals surface area contributed by atoms with Crippen molar-refractivity contribution in [2.75, 3.05) is 7.11 Å². The number of aryl methyl sites for hydroxylation is 2. The molecule has 0 unspecified atom stereocenters. The van der Waals surface area contributed by atoms with E-state index < -0.39 is 17.7 Å². The summed E-state index contributed by atoms with van der Waals surface area (Å²) in [7, 11) is 1.38. The Morgan fingerprint density at radius 3 is 2.48 bits per heavy atom. The lowest BCUT2D eigenvalue weighted by Crippen LogP contribution is -2.29. The number of pyridine rings is 1. The maximum atomic E-state index is 12.3. The van der Waals surface area contributed by atoms with Gasteiger partial charge < -0.3 is 9.47 Å². The average molecular weight is 427 g/mol. The fourth-order valence-corrected chi connectivity index (χ4v) is 3.58. The van der Waals surface area contributed by atoms with Crippen LogP contribution in [0, 0.1) is 17.4 Å². The molecule has 1 heterocycles. The molecule has 1 aromatic carbocycles. The van der Waals surface area contributed by atoms with Crippen molar-refractivity contribution in [1.82, 2.24) is 4.98 Å². The molecule has 0 fully saturated rings. The van der Waals surface area contributed by atoms with Gasteiger partial charge in [-0.1, -0.05) is 12.1 Å². The number of aromatic nitrogens is 1. The van der Waals surface area contributed by atoms with Crippen LogP contribution in [-0.2, 0) is 14.3 Å². The van der Waals surface area contributed by atoms with E-state index in [-0.39, 0.29) is 0 Å². The monoisotopic (exact) mass is 427 g/mol. The van der Waals surface area contributed by atoms with Crippen molar-refractivity contribution in [3.63, 3.8) is 0 Å². The molecule has 0 amide bonds. The molecule has 0 saturated heterocycles. The molecule has 0 bridgehead atoms. The van der Waals surface area contributed by atoms with Crippen LogP contribution in [0.15, 0.2) is 18.2 Å². The summed E-state index contributed by atoms with van der Waals surface area (Å²) in [6.07, 6.45) is -0.787. The van der Waals surface area contributed by atoms with Gasteiger partial charge in [0, 0.05) is 20.2 Å². The predicted molar refractivity (Wildman–Crippen MR) is 99.5 cm³/mol. The molecular formula is C18H22INO3. The Labute approximate surface area is 150 Å². The normalized spacial score (nSPS) is 13.2. The fraction of sp³-hybridized carbons (Fsp3) is 0.444. The lowest BCUT2D eigenvalue weighted by Gasteiger charge is -2.27. The zero-order valence-corrected chi connectivity index (χ0v) is 16.5. The van der Waals surface area contributed by atoms with E-state index in [1.807, 2.05) is 52.8 Å². The van der Waals surface area contributed by atoms with Crippen molar-refractivity contribution < 1.29 is 14.3 Å². The second kappa shape index (κ2) is 6.73. The third-order valence-corrected chi connectivity index (χ3v) is 4.62. The van der Waals surface area contributed by atoms with Gasteiger partial charge in [-0.05, 0) is 68.8 Å². The highest BCUT2D eigenvalue weighted by molar-refractivity contribution is 14.1. The topological polar surface area (TPSA) is 48.4 Å². The smallest absolute Gasteiger partial charge is 0.339 e. The summed E-state index contributed by atoms with van der Waals surface area (Å²) in [4.78, 5) is 17.0. The second-order valence-corrected chi connectivity index (χ2v) is 7.66. The van der Waals surface area contributed by atoms with E-state index in [2.05, 4.69) is 27.6 Å². The Kier molecular flexibility index (Phi) is 5.30. The lowest BCUT2D eigenvalue weighted by molar-refractivity contribution is -0.164. The number of hydrogen-bond donors (Lipinski definition) is 0. The lowest BCUT2D eigenvalue weighted by atomic mass is 10.0. The van der Waals surface area contributed by atoms with Crippen molar-refractivity contribution in [3.05, 3.63) is 38.6 Å². The summed E-state index contributed by atoms with van der Waals surface area (Å²) in [6.45, 7) is 9.70. The first-order valence-corrected chi connectivity index (χ1v) is 8.54. The minimum atomic E-state index is -0.787. The highest BCUT2D eigenvalue weighted by Gasteiger charge is 2.32. The summed E-state index contributed by atoms with van der Waals surface area (Å²) in [5.74, 6) is -0.408. The largest absolute Gasteiger partial charge is 0.467 e. The van der Waals surface area contributed by atoms with Gasteiger partial charge in [0.15, 0.2) is 6.10 Å². The molecule has 0 N–H and O–H groups in total. The number of rotatable bonds is 3. The Morgan fingerprint density at radius 2 is 1.91 bits per heavy atom. The summed E-state index contributed by atoms with van der Waals surface area (Å²) in [6, 6.07) is 6.13. The third kappa shape index (κ3) is 4.01. The van der Waals surface area contributed by atoms with Crippen LogP contribution in [0.4, 0.5) is 0 Å². The van der Waals surface area contributed by atoms with Gasteiger partial charge in [-0.25, -0.2) is 4.79 Å². The Balaban J connectivity index is 2.67. The zero-order chi connectivity index (χ0) is 17.4. The van der Waals surface area contributed by atoms with Crippen molar-refractivity contribution in [1.29, 1.82) is 0 Å². The minimum Gasteiger partial charge on any atom is -0.467 e. The van der Waals surface area contributed by atoms with Gasteiger partial charge in [-0.15, -0.1) is 0 Å². The number of halogens is 1. The molecule has 0 aliphatic carbocycles. The van der Waals surface area contributed by atoms with Crippen LogP contribution in [0.25, 0.3) is 10.9 Å². The number of ether oxygens (including phenoxy) is 2. The quantitative estimate of drug-likeness (QED) is 0.535. The molecule has 0 radical (unpaired) electrons. The van der Waals surface area contributed by atoms with Crippen LogP contribution < -0.4 is 0 Å². The van der Waals surface area contributed by atoms with Gasteiger partial charge in [0.1, 0.15) is 0 Å². The average Bonchev–Trinajstić information content (AvgIpc) is 2.43. The molecule has 0 spiro atoms. The van der Waals surface area contributed by atoms with E-state index in [0.717, 1.165) is 31.3 Å². The van der Waals surface area contributed by atoms with Crippen LogP contribution in [0.3, 0.4) is 0 Å². The molecule has 0 saturated carbocycles. The maximum absolute atomic E-state index is 12.3. The van der Waals surface area contributed by atoms with E-state index in [9.17, 15) is 4.79 Å². The Bertz CT molecular complexity index is 750. The molecule has 0 aliphatic rings. The maximum Gasteiger partial charge on any atom is 0.339 e. The Morgan fingerprint density at radius 1 is 1.26 bits per heavy atom. The first kappa shape index (κ1) is 18.1. The molecule has 1 aromatic heterocycles. The molecule has 1 atom stereocenters. The number of methoxy groups -OCH3 is 1. The van der Waals surface area contributed by atoms with Crippen LogP contribution in [0.1, 0.15) is 43.7 Å². The van der Waals surface area contributed by atoms with E-state index in [1.165, 1.54) is 7.11 Å². The summed E-state index contributed by atoms with van der Waals surface area (Å²) in [5, 5.41) is 1.02. The van der Waals surface area contributed by atoms with Gasteiger partial charge in [-0.3, -0.25) is 4.98 Å². The van der Waals surface area contributed by atoms with Crippen molar-refractivity contribution >= 4 is 39.5 Å². The SMILES string of the molecule is COC(=O)[C@@H](OC(C)(C)C)c1c(C)nc2cc(C)ccc2c1I. The second-order valence-electron chi connectivity index (χ2n) is 6.58. The van der Waals surface area contributed by atoms with E-state index in [0.29, 0.717) is 0 Å². The molecule has 124 valence electrons. The number of nitrogens with zero attached hydrogens (tertiary/aromatic N) is 1. The van der Waals surface area contributed by atoms with Crippen LogP contribution >= 0.6 is 22.6 Å². The third-order valence-electron chi connectivity index (χ3n) is 3.45. The fourth-order valence-electron chi connectivity index (χ4n) is 2.45. The number of benzene rings is 1. The first-order chi connectivity index (χ1) is 10.6. The Hall–Kier alpha value is -1.21. The van der Waals surface area contributed by atoms with E-state index in [1.54, 1.807) is 0 Å². The standard InChI is InChI=1S/C18H22INO3/c1-10-7-8-12-13(9-10)20-11(2)14(15(12)19)16(17(21)22-6)23-18(3,4)5/h7-9,16H,1-6H3/t16-/m0/s1. The van der Waals surface area contributed by atoms with Gasteiger partial charge in [0.05, 0.1) is 18.2 Å². The zero-order valence-electron chi connectivity index (χ0n) is 14.4. The van der Waals surface area contributed by atoms with Gasteiger partial charge in [0.2, 0.25) is 0 Å². The van der Waals surface area contributed by atoms with Gasteiger partial charge >= 0.3 is 5.97 Å². The molecule has 5 heteroatoms. The van der Waals surface area contributed by atoms with Gasteiger partial charge in [0.25, 0.3) is 0 Å². The highest BCUT2D eigenvalue weighted by Crippen LogP contribution is 2.34. The van der Waals surface area contributed by atoms with Crippen molar-refractivity contribution in [2.45, 2.75) is 46.3 Å². The van der Waals surface area contributed by atoms with Crippen LogP contribution in [-0.4, -0.2) is 23.7 Å². The molecule has 2 rings (SSSR count). The van der Waals surface area contributed by atoms with E-state index >= 15 is 0 Å². The number of carbonyl (C=O) groups excluding carboxylic acids is 1.